The van der Waals surface area contributed by atoms with Crippen molar-refractivity contribution >= 4 is 18.2 Å². The van der Waals surface area contributed by atoms with Crippen LogP contribution >= 0.6 is 12.4 Å². The Hall–Kier alpha value is -0.860. The van der Waals surface area contributed by atoms with Gasteiger partial charge in [0.1, 0.15) is 0 Å². The maximum absolute atomic E-state index is 12.6. The zero-order chi connectivity index (χ0) is 15.4. The van der Waals surface area contributed by atoms with E-state index in [2.05, 4.69) is 36.1 Å². The van der Waals surface area contributed by atoms with Gasteiger partial charge in [0.25, 0.3) is 0 Å². The molecule has 2 nitrogen and oxygen atoms in total. The van der Waals surface area contributed by atoms with Crippen LogP contribution < -0.4 is 0 Å². The van der Waals surface area contributed by atoms with Gasteiger partial charge in [-0.3, -0.25) is 4.79 Å². The minimum absolute atomic E-state index is 0. The molecule has 23 heavy (non-hydrogen) atoms. The summed E-state index contributed by atoms with van der Waals surface area (Å²) >= 11 is 0. The summed E-state index contributed by atoms with van der Waals surface area (Å²) in [5.74, 6) is 1.15. The van der Waals surface area contributed by atoms with E-state index in [9.17, 15) is 4.79 Å². The molecule has 0 amide bonds. The van der Waals surface area contributed by atoms with E-state index in [1.165, 1.54) is 50.5 Å². The van der Waals surface area contributed by atoms with Crippen LogP contribution in [0.2, 0.25) is 0 Å². The zero-order valence-electron chi connectivity index (χ0n) is 14.3. The van der Waals surface area contributed by atoms with Crippen molar-refractivity contribution in [2.45, 2.75) is 57.8 Å². The van der Waals surface area contributed by atoms with Crippen molar-refractivity contribution in [3.63, 3.8) is 0 Å². The number of carbonyl (C=O) groups excluding carboxylic acids is 1. The molecule has 0 radical (unpaired) electrons. The molecule has 128 valence electrons. The van der Waals surface area contributed by atoms with E-state index in [0.29, 0.717) is 5.78 Å². The van der Waals surface area contributed by atoms with Crippen molar-refractivity contribution < 1.29 is 4.79 Å². The van der Waals surface area contributed by atoms with E-state index in [1.54, 1.807) is 0 Å². The van der Waals surface area contributed by atoms with Gasteiger partial charge in [-0.15, -0.1) is 12.4 Å². The molecular weight excluding hydrogens is 306 g/mol. The van der Waals surface area contributed by atoms with Crippen LogP contribution in [0.15, 0.2) is 24.3 Å². The molecule has 3 rings (SSSR count). The summed E-state index contributed by atoms with van der Waals surface area (Å²) in [6, 6.07) is 8.50. The predicted octanol–water partition coefficient (Wildman–Crippen LogP) is 5.07. The number of likely N-dealkylation sites (tertiary alicyclic amines) is 1. The molecule has 0 aromatic heterocycles. The Bertz CT molecular complexity index is 487. The fourth-order valence-corrected chi connectivity index (χ4v) is 4.08. The summed E-state index contributed by atoms with van der Waals surface area (Å²) < 4.78 is 0. The lowest BCUT2D eigenvalue weighted by Gasteiger charge is -2.28. The number of rotatable bonds is 5. The quantitative estimate of drug-likeness (QED) is 0.700. The van der Waals surface area contributed by atoms with E-state index in [0.717, 1.165) is 31.1 Å². The van der Waals surface area contributed by atoms with Crippen molar-refractivity contribution in [3.05, 3.63) is 35.4 Å². The molecular formula is C20H30ClNO. The smallest absolute Gasteiger partial charge is 0.166 e. The van der Waals surface area contributed by atoms with Crippen LogP contribution in [0, 0.1) is 5.92 Å². The maximum atomic E-state index is 12.6. The van der Waals surface area contributed by atoms with Gasteiger partial charge in [0.2, 0.25) is 0 Å². The first-order valence-electron chi connectivity index (χ1n) is 9.10. The van der Waals surface area contributed by atoms with Crippen LogP contribution in [-0.4, -0.2) is 30.3 Å². The molecule has 0 spiro atoms. The molecule has 1 saturated heterocycles. The molecule has 2 aliphatic rings. The fraction of sp³-hybridized carbons (Fsp3) is 0.650. The number of halogens is 1. The summed E-state index contributed by atoms with van der Waals surface area (Å²) in [6.07, 6.45) is 9.28. The lowest BCUT2D eigenvalue weighted by molar-refractivity contribution is 0.0883. The SMILES string of the molecule is CC(CN1CCCCC1)C(=O)c1ccc(C2CCCC2)cc1.Cl. The molecule has 1 atom stereocenters. The number of carbonyl (C=O) groups is 1. The second-order valence-electron chi connectivity index (χ2n) is 7.23. The Morgan fingerprint density at radius 1 is 1.04 bits per heavy atom. The average Bonchev–Trinajstić information content (AvgIpc) is 3.10. The second-order valence-corrected chi connectivity index (χ2v) is 7.23. The van der Waals surface area contributed by atoms with Gasteiger partial charge in [-0.05, 0) is 50.3 Å². The average molecular weight is 336 g/mol. The highest BCUT2D eigenvalue weighted by Crippen LogP contribution is 2.34. The van der Waals surface area contributed by atoms with Crippen LogP contribution in [-0.2, 0) is 0 Å². The molecule has 3 heteroatoms. The van der Waals surface area contributed by atoms with Crippen molar-refractivity contribution in [1.82, 2.24) is 4.90 Å². The van der Waals surface area contributed by atoms with Crippen molar-refractivity contribution in [2.75, 3.05) is 19.6 Å². The Balaban J connectivity index is 0.00000192. The molecule has 1 aromatic rings. The van der Waals surface area contributed by atoms with Crippen LogP contribution in [0.3, 0.4) is 0 Å². The molecule has 1 aromatic carbocycles. The second kappa shape index (κ2) is 8.84. The van der Waals surface area contributed by atoms with Crippen LogP contribution in [0.1, 0.15) is 73.7 Å². The number of piperidine rings is 1. The number of ketones is 1. The minimum atomic E-state index is 0. The molecule has 2 fully saturated rings. The molecule has 1 unspecified atom stereocenters. The third kappa shape index (κ3) is 4.81. The number of Topliss-reactive ketones (excluding diaryl/α,β-unsaturated/α-hetero) is 1. The molecule has 1 aliphatic carbocycles. The summed E-state index contributed by atoms with van der Waals surface area (Å²) in [5.41, 5.74) is 2.32. The summed E-state index contributed by atoms with van der Waals surface area (Å²) in [5, 5.41) is 0. The standard InChI is InChI=1S/C20H29NO.ClH/c1-16(15-21-13-5-2-6-14-21)20(22)19-11-9-18(10-12-19)17-7-3-4-8-17;/h9-12,16-17H,2-8,13-15H2,1H3;1H. The third-order valence-corrected chi connectivity index (χ3v) is 5.45. The zero-order valence-corrected chi connectivity index (χ0v) is 15.1. The van der Waals surface area contributed by atoms with Crippen LogP contribution in [0.5, 0.6) is 0 Å². The van der Waals surface area contributed by atoms with Gasteiger partial charge in [0.05, 0.1) is 0 Å². The van der Waals surface area contributed by atoms with Crippen molar-refractivity contribution in [1.29, 1.82) is 0 Å². The molecule has 0 N–H and O–H groups in total. The van der Waals surface area contributed by atoms with Gasteiger partial charge in [0, 0.05) is 18.0 Å². The normalized spacial score (nSPS) is 20.9. The third-order valence-electron chi connectivity index (χ3n) is 5.45. The Morgan fingerprint density at radius 3 is 2.26 bits per heavy atom. The number of hydrogen-bond donors (Lipinski definition) is 0. The first kappa shape index (κ1) is 18.5. The van der Waals surface area contributed by atoms with Crippen LogP contribution in [0.4, 0.5) is 0 Å². The number of nitrogens with zero attached hydrogens (tertiary/aromatic N) is 1. The van der Waals surface area contributed by atoms with E-state index in [1.807, 2.05) is 0 Å². The highest BCUT2D eigenvalue weighted by atomic mass is 35.5. The lowest BCUT2D eigenvalue weighted by Crippen LogP contribution is -2.35. The monoisotopic (exact) mass is 335 g/mol. The maximum Gasteiger partial charge on any atom is 0.166 e. The lowest BCUT2D eigenvalue weighted by atomic mass is 9.93. The van der Waals surface area contributed by atoms with Gasteiger partial charge < -0.3 is 4.90 Å². The van der Waals surface area contributed by atoms with Crippen molar-refractivity contribution in [3.8, 4) is 0 Å². The number of hydrogen-bond acceptors (Lipinski definition) is 2. The molecule has 1 saturated carbocycles. The van der Waals surface area contributed by atoms with E-state index >= 15 is 0 Å². The predicted molar refractivity (Wildman–Crippen MR) is 98.7 cm³/mol. The minimum Gasteiger partial charge on any atom is -0.303 e. The van der Waals surface area contributed by atoms with Gasteiger partial charge in [-0.25, -0.2) is 0 Å². The van der Waals surface area contributed by atoms with E-state index in [-0.39, 0.29) is 18.3 Å². The van der Waals surface area contributed by atoms with Gasteiger partial charge in [-0.2, -0.15) is 0 Å². The fourth-order valence-electron chi connectivity index (χ4n) is 4.08. The van der Waals surface area contributed by atoms with Gasteiger partial charge in [-0.1, -0.05) is 50.5 Å². The van der Waals surface area contributed by atoms with E-state index in [4.69, 9.17) is 0 Å². The largest absolute Gasteiger partial charge is 0.303 e. The molecule has 1 heterocycles. The highest BCUT2D eigenvalue weighted by molar-refractivity contribution is 5.97. The first-order valence-corrected chi connectivity index (χ1v) is 9.10. The first-order chi connectivity index (χ1) is 10.7. The topological polar surface area (TPSA) is 20.3 Å². The molecule has 0 bridgehead atoms. The van der Waals surface area contributed by atoms with E-state index < -0.39 is 0 Å². The number of benzene rings is 1. The van der Waals surface area contributed by atoms with Crippen LogP contribution in [0.25, 0.3) is 0 Å². The van der Waals surface area contributed by atoms with Gasteiger partial charge >= 0.3 is 0 Å². The Morgan fingerprint density at radius 2 is 1.65 bits per heavy atom. The summed E-state index contributed by atoms with van der Waals surface area (Å²) in [6.45, 7) is 5.33. The summed E-state index contributed by atoms with van der Waals surface area (Å²) in [4.78, 5) is 15.1. The summed E-state index contributed by atoms with van der Waals surface area (Å²) in [7, 11) is 0. The van der Waals surface area contributed by atoms with Crippen molar-refractivity contribution in [2.24, 2.45) is 5.92 Å². The van der Waals surface area contributed by atoms with Gasteiger partial charge in [0.15, 0.2) is 5.78 Å². The highest BCUT2D eigenvalue weighted by Gasteiger charge is 2.21. The Labute approximate surface area is 147 Å². The molecule has 1 aliphatic heterocycles. The Kier molecular flexibility index (Phi) is 7.10.